The van der Waals surface area contributed by atoms with E-state index in [4.69, 9.17) is 0 Å². The highest BCUT2D eigenvalue weighted by Crippen LogP contribution is 2.18. The van der Waals surface area contributed by atoms with Crippen LogP contribution < -0.4 is 5.32 Å². The quantitative estimate of drug-likeness (QED) is 0.838. The average molecular weight is 257 g/mol. The van der Waals surface area contributed by atoms with Crippen LogP contribution in [0.25, 0.3) is 0 Å². The lowest BCUT2D eigenvalue weighted by atomic mass is 10.2. The standard InChI is InChI=1S/C12H16FNO2S/c1-9-7-11(4-5-12(9)13)17(15,16)8-10-3-2-6-14-10/h4-5,7,10,14H,2-3,6,8H2,1H3/t10-/m0/s1. The van der Waals surface area contributed by atoms with Crippen molar-refractivity contribution in [3.63, 3.8) is 0 Å². The van der Waals surface area contributed by atoms with Crippen LogP contribution >= 0.6 is 0 Å². The third kappa shape index (κ3) is 2.84. The number of hydrogen-bond acceptors (Lipinski definition) is 3. The molecule has 17 heavy (non-hydrogen) atoms. The van der Waals surface area contributed by atoms with Gasteiger partial charge in [0.05, 0.1) is 10.6 Å². The molecule has 0 spiro atoms. The summed E-state index contributed by atoms with van der Waals surface area (Å²) in [7, 11) is -3.31. The lowest BCUT2D eigenvalue weighted by Crippen LogP contribution is -2.30. The Kier molecular flexibility index (Phi) is 3.49. The zero-order valence-electron chi connectivity index (χ0n) is 9.74. The van der Waals surface area contributed by atoms with Gasteiger partial charge in [0.1, 0.15) is 5.82 Å². The fraction of sp³-hybridized carbons (Fsp3) is 0.500. The highest BCUT2D eigenvalue weighted by atomic mass is 32.2. The van der Waals surface area contributed by atoms with Gasteiger partial charge in [0.2, 0.25) is 0 Å². The summed E-state index contributed by atoms with van der Waals surface area (Å²) in [6.07, 6.45) is 1.90. The smallest absolute Gasteiger partial charge is 0.179 e. The maximum atomic E-state index is 13.1. The molecular weight excluding hydrogens is 241 g/mol. The van der Waals surface area contributed by atoms with Crippen LogP contribution in [0.5, 0.6) is 0 Å². The van der Waals surface area contributed by atoms with Gasteiger partial charge in [-0.3, -0.25) is 0 Å². The summed E-state index contributed by atoms with van der Waals surface area (Å²) in [5.74, 6) is -0.277. The monoisotopic (exact) mass is 257 g/mol. The first-order valence-electron chi connectivity index (χ1n) is 5.71. The first-order chi connectivity index (χ1) is 7.99. The molecule has 1 saturated heterocycles. The summed E-state index contributed by atoms with van der Waals surface area (Å²) < 4.78 is 37.3. The Morgan fingerprint density at radius 3 is 2.82 bits per heavy atom. The molecule has 1 heterocycles. The van der Waals surface area contributed by atoms with Gasteiger partial charge < -0.3 is 5.32 Å². The molecule has 0 unspecified atom stereocenters. The number of halogens is 1. The molecule has 1 aromatic carbocycles. The normalized spacial score (nSPS) is 20.7. The molecule has 1 aliphatic rings. The van der Waals surface area contributed by atoms with E-state index in [1.165, 1.54) is 18.2 Å². The Morgan fingerprint density at radius 2 is 2.24 bits per heavy atom. The van der Waals surface area contributed by atoms with E-state index in [0.29, 0.717) is 5.56 Å². The van der Waals surface area contributed by atoms with Gasteiger partial charge in [-0.25, -0.2) is 12.8 Å². The van der Waals surface area contributed by atoms with Crippen molar-refractivity contribution in [1.29, 1.82) is 0 Å². The third-order valence-electron chi connectivity index (χ3n) is 3.07. The Morgan fingerprint density at radius 1 is 1.47 bits per heavy atom. The maximum Gasteiger partial charge on any atom is 0.179 e. The Hall–Kier alpha value is -0.940. The number of hydrogen-bond donors (Lipinski definition) is 1. The highest BCUT2D eigenvalue weighted by Gasteiger charge is 2.23. The van der Waals surface area contributed by atoms with E-state index < -0.39 is 9.84 Å². The Balaban J connectivity index is 2.21. The largest absolute Gasteiger partial charge is 0.313 e. The van der Waals surface area contributed by atoms with Crippen LogP contribution in [0, 0.1) is 12.7 Å². The van der Waals surface area contributed by atoms with Gasteiger partial charge in [-0.2, -0.15) is 0 Å². The predicted octanol–water partition coefficient (Wildman–Crippen LogP) is 1.66. The minimum Gasteiger partial charge on any atom is -0.313 e. The first kappa shape index (κ1) is 12.5. The van der Waals surface area contributed by atoms with Gasteiger partial charge in [-0.1, -0.05) is 0 Å². The minimum absolute atomic E-state index is 0.0327. The molecule has 0 aromatic heterocycles. The molecule has 1 aliphatic heterocycles. The van der Waals surface area contributed by atoms with E-state index in [9.17, 15) is 12.8 Å². The van der Waals surface area contributed by atoms with Gasteiger partial charge in [0.25, 0.3) is 0 Å². The number of aryl methyl sites for hydroxylation is 1. The molecule has 94 valence electrons. The van der Waals surface area contributed by atoms with Crippen LogP contribution in [0.3, 0.4) is 0 Å². The molecule has 2 rings (SSSR count). The number of benzene rings is 1. The summed E-state index contributed by atoms with van der Waals surface area (Å²) in [6, 6.07) is 3.99. The van der Waals surface area contributed by atoms with Crippen LogP contribution in [0.15, 0.2) is 23.1 Å². The van der Waals surface area contributed by atoms with Crippen molar-refractivity contribution in [2.75, 3.05) is 12.3 Å². The van der Waals surface area contributed by atoms with Crippen LogP contribution in [-0.2, 0) is 9.84 Å². The average Bonchev–Trinajstić information content (AvgIpc) is 2.73. The van der Waals surface area contributed by atoms with E-state index in [0.717, 1.165) is 19.4 Å². The van der Waals surface area contributed by atoms with Crippen molar-refractivity contribution >= 4 is 9.84 Å². The van der Waals surface area contributed by atoms with Crippen LogP contribution in [-0.4, -0.2) is 26.8 Å². The molecule has 5 heteroatoms. The number of sulfone groups is 1. The predicted molar refractivity (Wildman–Crippen MR) is 64.2 cm³/mol. The lowest BCUT2D eigenvalue weighted by molar-refractivity contribution is 0.575. The van der Waals surface area contributed by atoms with Crippen molar-refractivity contribution in [2.45, 2.75) is 30.7 Å². The third-order valence-corrected chi connectivity index (χ3v) is 4.88. The van der Waals surface area contributed by atoms with Gasteiger partial charge >= 0.3 is 0 Å². The van der Waals surface area contributed by atoms with Gasteiger partial charge in [-0.05, 0) is 50.1 Å². The van der Waals surface area contributed by atoms with Gasteiger partial charge in [0, 0.05) is 6.04 Å². The fourth-order valence-corrected chi connectivity index (χ4v) is 3.71. The van der Waals surface area contributed by atoms with Crippen LogP contribution in [0.4, 0.5) is 4.39 Å². The van der Waals surface area contributed by atoms with E-state index in [2.05, 4.69) is 5.32 Å². The van der Waals surface area contributed by atoms with Crippen molar-refractivity contribution in [2.24, 2.45) is 0 Å². The summed E-state index contributed by atoms with van der Waals surface area (Å²) in [4.78, 5) is 0.213. The topological polar surface area (TPSA) is 46.2 Å². The Labute approximate surface area is 101 Å². The van der Waals surface area contributed by atoms with Crippen LogP contribution in [0.1, 0.15) is 18.4 Å². The SMILES string of the molecule is Cc1cc(S(=O)(=O)C[C@@H]2CCCN2)ccc1F. The van der Waals surface area contributed by atoms with E-state index in [1.54, 1.807) is 6.92 Å². The molecule has 1 fully saturated rings. The van der Waals surface area contributed by atoms with Crippen LogP contribution in [0.2, 0.25) is 0 Å². The minimum atomic E-state index is -3.31. The van der Waals surface area contributed by atoms with Gasteiger partial charge in [0.15, 0.2) is 9.84 Å². The molecule has 3 nitrogen and oxygen atoms in total. The fourth-order valence-electron chi connectivity index (χ4n) is 2.07. The molecule has 0 aliphatic carbocycles. The van der Waals surface area contributed by atoms with E-state index in [1.807, 2.05) is 0 Å². The second-order valence-corrected chi connectivity index (χ2v) is 6.52. The summed E-state index contributed by atoms with van der Waals surface area (Å²) in [6.45, 7) is 2.45. The zero-order valence-corrected chi connectivity index (χ0v) is 10.6. The van der Waals surface area contributed by atoms with Gasteiger partial charge in [-0.15, -0.1) is 0 Å². The molecule has 0 radical (unpaired) electrons. The molecule has 1 aromatic rings. The maximum absolute atomic E-state index is 13.1. The van der Waals surface area contributed by atoms with Crippen molar-refractivity contribution in [3.05, 3.63) is 29.6 Å². The summed E-state index contributed by atoms with van der Waals surface area (Å²) in [5, 5.41) is 3.16. The zero-order chi connectivity index (χ0) is 12.5. The molecule has 0 amide bonds. The van der Waals surface area contributed by atoms with E-state index in [-0.39, 0.29) is 22.5 Å². The molecular formula is C12H16FNO2S. The van der Waals surface area contributed by atoms with Crippen molar-refractivity contribution < 1.29 is 12.8 Å². The molecule has 1 atom stereocenters. The number of nitrogens with one attached hydrogen (secondary N) is 1. The second kappa shape index (κ2) is 4.74. The van der Waals surface area contributed by atoms with E-state index >= 15 is 0 Å². The molecule has 0 bridgehead atoms. The number of rotatable bonds is 3. The molecule has 0 saturated carbocycles. The summed E-state index contributed by atoms with van der Waals surface area (Å²) >= 11 is 0. The second-order valence-electron chi connectivity index (χ2n) is 4.49. The lowest BCUT2D eigenvalue weighted by Gasteiger charge is -2.11. The van der Waals surface area contributed by atoms with Crippen molar-refractivity contribution in [3.8, 4) is 0 Å². The summed E-state index contributed by atoms with van der Waals surface area (Å²) in [5.41, 5.74) is 0.366. The first-order valence-corrected chi connectivity index (χ1v) is 7.36. The molecule has 1 N–H and O–H groups in total. The highest BCUT2D eigenvalue weighted by molar-refractivity contribution is 7.91. The van der Waals surface area contributed by atoms with Crippen molar-refractivity contribution in [1.82, 2.24) is 5.32 Å². The Bertz CT molecular complexity index is 507.